The monoisotopic (exact) mass is 412 g/mol. The fourth-order valence-electron chi connectivity index (χ4n) is 2.90. The Kier molecular flexibility index (Phi) is 7.85. The van der Waals surface area contributed by atoms with Gasteiger partial charge in [-0.2, -0.15) is 0 Å². The van der Waals surface area contributed by atoms with Crippen LogP contribution in [-0.2, 0) is 16.0 Å². The van der Waals surface area contributed by atoms with Crippen molar-refractivity contribution in [3.05, 3.63) is 77.3 Å². The summed E-state index contributed by atoms with van der Waals surface area (Å²) in [5, 5.41) is 3.51. The average molecular weight is 413 g/mol. The molecule has 6 heteroatoms. The number of nitrogens with zero attached hydrogens (tertiary/aromatic N) is 1. The highest BCUT2D eigenvalue weighted by Gasteiger charge is 2.11. The number of aryl methyl sites for hydroxylation is 1. The zero-order valence-corrected chi connectivity index (χ0v) is 17.2. The van der Waals surface area contributed by atoms with E-state index in [0.717, 1.165) is 17.5 Å². The molecule has 0 fully saturated rings. The topological polar surface area (TPSA) is 64.4 Å². The highest BCUT2D eigenvalue weighted by atomic mass is 35.5. The lowest BCUT2D eigenvalue weighted by atomic mass is 10.1. The van der Waals surface area contributed by atoms with Crippen LogP contribution >= 0.6 is 11.6 Å². The second kappa shape index (κ2) is 10.8. The summed E-state index contributed by atoms with van der Waals surface area (Å²) in [6.45, 7) is 3.20. The van der Waals surface area contributed by atoms with E-state index in [0.29, 0.717) is 42.7 Å². The van der Waals surface area contributed by atoms with E-state index in [2.05, 4.69) is 10.3 Å². The number of ether oxygens (including phenoxy) is 1. The second-order valence-corrected chi connectivity index (χ2v) is 7.13. The summed E-state index contributed by atoms with van der Waals surface area (Å²) in [7, 11) is 0. The Labute approximate surface area is 176 Å². The molecule has 0 saturated carbocycles. The maximum absolute atomic E-state index is 12.0. The summed E-state index contributed by atoms with van der Waals surface area (Å²) >= 11 is 6.17. The summed E-state index contributed by atoms with van der Waals surface area (Å²) in [6.07, 6.45) is 3.21. The number of hydrogen-bond acceptors (Lipinski definition) is 4. The molecule has 5 nitrogen and oxygen atoms in total. The lowest BCUT2D eigenvalue weighted by Crippen LogP contribution is -2.25. The molecule has 0 spiro atoms. The fraction of sp³-hybridized carbons (Fsp3) is 0.304. The van der Waals surface area contributed by atoms with Crippen LogP contribution in [0.2, 0.25) is 5.02 Å². The zero-order valence-electron chi connectivity index (χ0n) is 16.4. The molecule has 1 heterocycles. The summed E-state index contributed by atoms with van der Waals surface area (Å²) in [4.78, 5) is 16.3. The van der Waals surface area contributed by atoms with Gasteiger partial charge in [0, 0.05) is 31.6 Å². The van der Waals surface area contributed by atoms with Crippen molar-refractivity contribution in [2.75, 3.05) is 13.2 Å². The van der Waals surface area contributed by atoms with E-state index >= 15 is 0 Å². The van der Waals surface area contributed by atoms with Gasteiger partial charge in [0.25, 0.3) is 0 Å². The van der Waals surface area contributed by atoms with Gasteiger partial charge < -0.3 is 14.5 Å². The minimum atomic E-state index is -0.0291. The Bertz CT molecular complexity index is 911. The number of halogens is 1. The van der Waals surface area contributed by atoms with Crippen molar-refractivity contribution in [3.8, 4) is 11.3 Å². The van der Waals surface area contributed by atoms with Crippen molar-refractivity contribution in [1.29, 1.82) is 0 Å². The third kappa shape index (κ3) is 6.44. The first-order chi connectivity index (χ1) is 14.1. The average Bonchev–Trinajstić information content (AvgIpc) is 3.21. The van der Waals surface area contributed by atoms with Crippen molar-refractivity contribution < 1.29 is 13.9 Å². The number of benzene rings is 2. The molecule has 0 saturated heterocycles. The van der Waals surface area contributed by atoms with Crippen LogP contribution in [0, 0.1) is 0 Å². The van der Waals surface area contributed by atoms with Crippen molar-refractivity contribution in [3.63, 3.8) is 0 Å². The van der Waals surface area contributed by atoms with Gasteiger partial charge in [0.15, 0.2) is 11.7 Å². The predicted molar refractivity (Wildman–Crippen MR) is 114 cm³/mol. The molecule has 1 aromatic heterocycles. The Morgan fingerprint density at radius 1 is 1.17 bits per heavy atom. The molecule has 0 aliphatic heterocycles. The third-order valence-electron chi connectivity index (χ3n) is 4.54. The lowest BCUT2D eigenvalue weighted by molar-refractivity contribution is -0.121. The number of aromatic nitrogens is 1. The molecule has 3 aromatic rings. The Hall–Kier alpha value is -2.63. The van der Waals surface area contributed by atoms with Gasteiger partial charge in [0.1, 0.15) is 0 Å². The highest BCUT2D eigenvalue weighted by Crippen LogP contribution is 2.28. The van der Waals surface area contributed by atoms with Gasteiger partial charge in [-0.25, -0.2) is 4.98 Å². The van der Waals surface area contributed by atoms with Crippen molar-refractivity contribution in [2.45, 2.75) is 32.3 Å². The summed E-state index contributed by atoms with van der Waals surface area (Å²) in [5.41, 5.74) is 1.95. The van der Waals surface area contributed by atoms with Gasteiger partial charge in [-0.05, 0) is 31.0 Å². The number of hydrogen-bond donors (Lipinski definition) is 1. The lowest BCUT2D eigenvalue weighted by Gasteiger charge is -2.13. The molecular weight excluding hydrogens is 388 g/mol. The molecular formula is C23H25ClN2O3. The minimum absolute atomic E-state index is 0.0291. The number of amides is 1. The van der Waals surface area contributed by atoms with E-state index < -0.39 is 0 Å². The van der Waals surface area contributed by atoms with Gasteiger partial charge in [-0.3, -0.25) is 4.79 Å². The number of rotatable bonds is 10. The highest BCUT2D eigenvalue weighted by molar-refractivity contribution is 6.33. The number of carbonyl (C=O) groups excluding carboxylic acids is 1. The first-order valence-corrected chi connectivity index (χ1v) is 10.1. The van der Waals surface area contributed by atoms with E-state index in [1.54, 1.807) is 12.3 Å². The third-order valence-corrected chi connectivity index (χ3v) is 4.87. The summed E-state index contributed by atoms with van der Waals surface area (Å²) in [6, 6.07) is 17.5. The normalized spacial score (nSPS) is 11.9. The minimum Gasteiger partial charge on any atom is -0.441 e. The molecule has 0 radical (unpaired) electrons. The number of nitrogens with one attached hydrogen (secondary N) is 1. The smallest absolute Gasteiger partial charge is 0.220 e. The van der Waals surface area contributed by atoms with Gasteiger partial charge in [-0.1, -0.05) is 54.1 Å². The van der Waals surface area contributed by atoms with Crippen LogP contribution in [0.1, 0.15) is 37.3 Å². The van der Waals surface area contributed by atoms with Crippen LogP contribution in [0.5, 0.6) is 0 Å². The molecule has 3 rings (SSSR count). The molecule has 2 aromatic carbocycles. The first kappa shape index (κ1) is 21.1. The van der Waals surface area contributed by atoms with E-state index in [9.17, 15) is 4.79 Å². The van der Waals surface area contributed by atoms with Crippen LogP contribution in [0.25, 0.3) is 11.3 Å². The van der Waals surface area contributed by atoms with Crippen molar-refractivity contribution >= 4 is 17.5 Å². The quantitative estimate of drug-likeness (QED) is 0.464. The number of carbonyl (C=O) groups is 1. The molecule has 29 heavy (non-hydrogen) atoms. The summed E-state index contributed by atoms with van der Waals surface area (Å²) in [5.74, 6) is 1.10. The maximum atomic E-state index is 12.0. The van der Waals surface area contributed by atoms with Gasteiger partial charge in [0.05, 0.1) is 17.3 Å². The molecule has 0 bridgehead atoms. The molecule has 1 amide bonds. The van der Waals surface area contributed by atoms with Crippen LogP contribution in [0.3, 0.4) is 0 Å². The van der Waals surface area contributed by atoms with E-state index in [-0.39, 0.29) is 12.0 Å². The van der Waals surface area contributed by atoms with Crippen molar-refractivity contribution in [2.24, 2.45) is 0 Å². The molecule has 0 aliphatic carbocycles. The van der Waals surface area contributed by atoms with E-state index in [4.69, 9.17) is 20.8 Å². The zero-order chi connectivity index (χ0) is 20.5. The first-order valence-electron chi connectivity index (χ1n) is 9.76. The Balaban J connectivity index is 1.33. The van der Waals surface area contributed by atoms with Crippen LogP contribution in [0.4, 0.5) is 0 Å². The molecule has 1 N–H and O–H groups in total. The maximum Gasteiger partial charge on any atom is 0.220 e. The molecule has 152 valence electrons. The van der Waals surface area contributed by atoms with Gasteiger partial charge in [-0.15, -0.1) is 0 Å². The fourth-order valence-corrected chi connectivity index (χ4v) is 3.13. The standard InChI is InChI=1S/C23H25ClN2O3/c1-17(18-8-3-2-4-9-18)28-15-7-14-25-22(27)12-13-23-26-16-21(29-23)19-10-5-6-11-20(19)24/h2-6,8-11,16-17H,7,12-15H2,1H3,(H,25,27). The van der Waals surface area contributed by atoms with Gasteiger partial charge >= 0.3 is 0 Å². The van der Waals surface area contributed by atoms with Crippen LogP contribution in [-0.4, -0.2) is 24.0 Å². The van der Waals surface area contributed by atoms with E-state index in [1.807, 2.05) is 55.5 Å². The Morgan fingerprint density at radius 3 is 2.72 bits per heavy atom. The SMILES string of the molecule is CC(OCCCNC(=O)CCc1ncc(-c2ccccc2Cl)o1)c1ccccc1. The molecule has 1 atom stereocenters. The number of oxazole rings is 1. The van der Waals surface area contributed by atoms with Gasteiger partial charge in [0.2, 0.25) is 5.91 Å². The Morgan fingerprint density at radius 2 is 1.93 bits per heavy atom. The van der Waals surface area contributed by atoms with Crippen LogP contribution in [0.15, 0.2) is 65.2 Å². The van der Waals surface area contributed by atoms with Crippen molar-refractivity contribution in [1.82, 2.24) is 10.3 Å². The van der Waals surface area contributed by atoms with E-state index in [1.165, 1.54) is 0 Å². The predicted octanol–water partition coefficient (Wildman–Crippen LogP) is 5.21. The largest absolute Gasteiger partial charge is 0.441 e. The molecule has 0 aliphatic rings. The van der Waals surface area contributed by atoms with Crippen LogP contribution < -0.4 is 5.32 Å². The molecule has 1 unspecified atom stereocenters. The summed E-state index contributed by atoms with van der Waals surface area (Å²) < 4.78 is 11.5. The second-order valence-electron chi connectivity index (χ2n) is 6.73.